The Balaban J connectivity index is 1.43. The Morgan fingerprint density at radius 2 is 1.92 bits per heavy atom. The summed E-state index contributed by atoms with van der Waals surface area (Å²) in [4.78, 5) is 17.8. The summed E-state index contributed by atoms with van der Waals surface area (Å²) in [7, 11) is 0. The second-order valence-corrected chi connectivity index (χ2v) is 5.70. The minimum absolute atomic E-state index is 0.0340. The molecule has 0 unspecified atom stereocenters. The largest absolute Gasteiger partial charge is 0.494 e. The zero-order chi connectivity index (χ0) is 18.4. The molecule has 134 valence electrons. The molecule has 7 heteroatoms. The van der Waals surface area contributed by atoms with Crippen molar-refractivity contribution in [3.05, 3.63) is 48.2 Å². The van der Waals surface area contributed by atoms with E-state index < -0.39 is 0 Å². The van der Waals surface area contributed by atoms with Crippen LogP contribution in [0.2, 0.25) is 0 Å². The Labute approximate surface area is 151 Å². The quantitative estimate of drug-likeness (QED) is 0.757. The van der Waals surface area contributed by atoms with Crippen molar-refractivity contribution in [1.82, 2.24) is 9.88 Å². The molecule has 1 aromatic carbocycles. The van der Waals surface area contributed by atoms with E-state index in [4.69, 9.17) is 19.5 Å². The minimum Gasteiger partial charge on any atom is -0.494 e. The number of nitrogens with zero attached hydrogens (tertiary/aromatic N) is 3. The number of amides is 1. The lowest BCUT2D eigenvalue weighted by molar-refractivity contribution is -0.142. The maximum absolute atomic E-state index is 12.1. The molecular formula is C19H19N3O4. The van der Waals surface area contributed by atoms with Gasteiger partial charge in [-0.15, -0.1) is 0 Å². The van der Waals surface area contributed by atoms with Crippen LogP contribution >= 0.6 is 0 Å². The smallest absolute Gasteiger partial charge is 0.260 e. The molecule has 0 spiro atoms. The van der Waals surface area contributed by atoms with E-state index in [-0.39, 0.29) is 18.6 Å². The number of rotatable bonds is 7. The van der Waals surface area contributed by atoms with Crippen LogP contribution in [0.3, 0.4) is 0 Å². The number of aromatic nitrogens is 1. The molecule has 1 saturated heterocycles. The summed E-state index contributed by atoms with van der Waals surface area (Å²) >= 11 is 0. The Hall–Kier alpha value is -3.27. The molecule has 26 heavy (non-hydrogen) atoms. The summed E-state index contributed by atoms with van der Waals surface area (Å²) in [6.07, 6.45) is 1.41. The zero-order valence-corrected chi connectivity index (χ0v) is 14.4. The number of pyridine rings is 1. The molecule has 7 nitrogen and oxygen atoms in total. The predicted octanol–water partition coefficient (Wildman–Crippen LogP) is 2.02. The molecule has 2 heterocycles. The molecule has 0 bridgehead atoms. The van der Waals surface area contributed by atoms with Crippen LogP contribution in [-0.2, 0) is 4.79 Å². The number of ether oxygens (including phenoxy) is 3. The SMILES string of the molecule is CCOc1ccc(OCC(=O)N2CC(Oc3ncccc3C#N)C2)cc1. The van der Waals surface area contributed by atoms with Gasteiger partial charge in [0.1, 0.15) is 29.2 Å². The second kappa shape index (κ2) is 8.21. The highest BCUT2D eigenvalue weighted by atomic mass is 16.5. The van der Waals surface area contributed by atoms with E-state index in [1.54, 1.807) is 47.5 Å². The van der Waals surface area contributed by atoms with Gasteiger partial charge in [0.25, 0.3) is 5.91 Å². The third-order valence-electron chi connectivity index (χ3n) is 3.87. The summed E-state index contributed by atoms with van der Waals surface area (Å²) in [6.45, 7) is 3.39. The number of hydrogen-bond acceptors (Lipinski definition) is 6. The van der Waals surface area contributed by atoms with Crippen LogP contribution in [0.25, 0.3) is 0 Å². The van der Waals surface area contributed by atoms with Crippen molar-refractivity contribution < 1.29 is 19.0 Å². The van der Waals surface area contributed by atoms with Crippen LogP contribution in [0.1, 0.15) is 12.5 Å². The molecule has 1 aliphatic heterocycles. The van der Waals surface area contributed by atoms with Gasteiger partial charge in [-0.05, 0) is 43.3 Å². The molecule has 3 rings (SSSR count). The molecule has 2 aromatic rings. The monoisotopic (exact) mass is 353 g/mol. The van der Waals surface area contributed by atoms with Gasteiger partial charge in [0.2, 0.25) is 5.88 Å². The normalized spacial score (nSPS) is 13.5. The van der Waals surface area contributed by atoms with Gasteiger partial charge >= 0.3 is 0 Å². The van der Waals surface area contributed by atoms with Crippen LogP contribution in [-0.4, -0.2) is 48.2 Å². The number of carbonyl (C=O) groups excluding carboxylic acids is 1. The summed E-state index contributed by atoms with van der Waals surface area (Å²) < 4.78 is 16.5. The van der Waals surface area contributed by atoms with Gasteiger partial charge in [-0.2, -0.15) is 5.26 Å². The number of likely N-dealkylation sites (tertiary alicyclic amines) is 1. The van der Waals surface area contributed by atoms with Crippen LogP contribution in [0.4, 0.5) is 0 Å². The van der Waals surface area contributed by atoms with Crippen molar-refractivity contribution in [3.8, 4) is 23.4 Å². The predicted molar refractivity (Wildman–Crippen MR) is 93.1 cm³/mol. The summed E-state index contributed by atoms with van der Waals surface area (Å²) in [6, 6.07) is 12.5. The Morgan fingerprint density at radius 3 is 2.58 bits per heavy atom. The van der Waals surface area contributed by atoms with Crippen molar-refractivity contribution in [1.29, 1.82) is 5.26 Å². The van der Waals surface area contributed by atoms with Crippen LogP contribution in [0.5, 0.6) is 17.4 Å². The van der Waals surface area contributed by atoms with E-state index in [9.17, 15) is 4.79 Å². The van der Waals surface area contributed by atoms with E-state index in [1.807, 2.05) is 13.0 Å². The van der Waals surface area contributed by atoms with Crippen LogP contribution in [0.15, 0.2) is 42.6 Å². The number of carbonyl (C=O) groups is 1. The third kappa shape index (κ3) is 4.22. The van der Waals surface area contributed by atoms with E-state index in [2.05, 4.69) is 4.98 Å². The molecule has 0 N–H and O–H groups in total. The number of hydrogen-bond donors (Lipinski definition) is 0. The molecular weight excluding hydrogens is 334 g/mol. The first kappa shape index (κ1) is 17.5. The first-order valence-corrected chi connectivity index (χ1v) is 8.34. The van der Waals surface area contributed by atoms with E-state index in [0.29, 0.717) is 36.9 Å². The van der Waals surface area contributed by atoms with E-state index in [1.165, 1.54) is 0 Å². The number of benzene rings is 1. The lowest BCUT2D eigenvalue weighted by Gasteiger charge is -2.38. The lowest BCUT2D eigenvalue weighted by atomic mass is 10.1. The van der Waals surface area contributed by atoms with E-state index in [0.717, 1.165) is 5.75 Å². The average Bonchev–Trinajstić information content (AvgIpc) is 2.64. The summed E-state index contributed by atoms with van der Waals surface area (Å²) in [5.74, 6) is 1.57. The Kier molecular flexibility index (Phi) is 5.54. The van der Waals surface area contributed by atoms with Crippen molar-refractivity contribution in [2.45, 2.75) is 13.0 Å². The Bertz CT molecular complexity index is 795. The highest BCUT2D eigenvalue weighted by Crippen LogP contribution is 2.20. The summed E-state index contributed by atoms with van der Waals surface area (Å²) in [5, 5.41) is 9.03. The maximum Gasteiger partial charge on any atom is 0.260 e. The fourth-order valence-corrected chi connectivity index (χ4v) is 2.48. The highest BCUT2D eigenvalue weighted by molar-refractivity contribution is 5.78. The molecule has 0 radical (unpaired) electrons. The fraction of sp³-hybridized carbons (Fsp3) is 0.316. The fourth-order valence-electron chi connectivity index (χ4n) is 2.48. The molecule has 1 aliphatic rings. The molecule has 0 atom stereocenters. The lowest BCUT2D eigenvalue weighted by Crippen LogP contribution is -2.57. The van der Waals surface area contributed by atoms with Gasteiger partial charge in [0, 0.05) is 6.20 Å². The van der Waals surface area contributed by atoms with Gasteiger partial charge in [-0.1, -0.05) is 0 Å². The minimum atomic E-state index is -0.161. The zero-order valence-electron chi connectivity index (χ0n) is 14.4. The first-order chi connectivity index (χ1) is 12.7. The van der Waals surface area contributed by atoms with Crippen molar-refractivity contribution >= 4 is 5.91 Å². The number of nitriles is 1. The van der Waals surface area contributed by atoms with Crippen molar-refractivity contribution in [2.75, 3.05) is 26.3 Å². The maximum atomic E-state index is 12.1. The van der Waals surface area contributed by atoms with Gasteiger partial charge in [0.05, 0.1) is 19.7 Å². The van der Waals surface area contributed by atoms with Gasteiger partial charge < -0.3 is 19.1 Å². The molecule has 1 aromatic heterocycles. The standard InChI is InChI=1S/C19H19N3O4/c1-2-24-15-5-7-16(8-6-15)25-13-18(23)22-11-17(12-22)26-19-14(10-20)4-3-9-21-19/h3-9,17H,2,11-13H2,1H3. The molecule has 0 aliphatic carbocycles. The molecule has 0 saturated carbocycles. The second-order valence-electron chi connectivity index (χ2n) is 5.70. The molecule has 1 fully saturated rings. The summed E-state index contributed by atoms with van der Waals surface area (Å²) in [5.41, 5.74) is 0.385. The Morgan fingerprint density at radius 1 is 1.23 bits per heavy atom. The average molecular weight is 353 g/mol. The third-order valence-corrected chi connectivity index (χ3v) is 3.87. The van der Waals surface area contributed by atoms with Crippen LogP contribution in [0, 0.1) is 11.3 Å². The topological polar surface area (TPSA) is 84.7 Å². The highest BCUT2D eigenvalue weighted by Gasteiger charge is 2.33. The van der Waals surface area contributed by atoms with Crippen molar-refractivity contribution in [3.63, 3.8) is 0 Å². The van der Waals surface area contributed by atoms with E-state index >= 15 is 0 Å². The van der Waals surface area contributed by atoms with Gasteiger partial charge in [-0.25, -0.2) is 4.98 Å². The first-order valence-electron chi connectivity index (χ1n) is 8.34. The van der Waals surface area contributed by atoms with Crippen LogP contribution < -0.4 is 14.2 Å². The van der Waals surface area contributed by atoms with Gasteiger partial charge in [-0.3, -0.25) is 4.79 Å². The van der Waals surface area contributed by atoms with Gasteiger partial charge in [0.15, 0.2) is 6.61 Å². The molecule has 1 amide bonds. The van der Waals surface area contributed by atoms with Crippen molar-refractivity contribution in [2.24, 2.45) is 0 Å².